The highest BCUT2D eigenvalue weighted by Gasteiger charge is 2.25. The number of benzene rings is 2. The van der Waals surface area contributed by atoms with E-state index in [1.165, 1.54) is 0 Å². The lowest BCUT2D eigenvalue weighted by molar-refractivity contribution is 0.754. The van der Waals surface area contributed by atoms with Crippen LogP contribution in [0.5, 0.6) is 0 Å². The normalized spacial score (nSPS) is 17.0. The first-order valence-corrected chi connectivity index (χ1v) is 8.02. The molecule has 1 atom stereocenters. The van der Waals surface area contributed by atoms with Gasteiger partial charge in [-0.15, -0.1) is 10.2 Å². The number of fused-ring (bicyclic) bond motifs is 1. The van der Waals surface area contributed by atoms with Crippen molar-refractivity contribution < 1.29 is 0 Å². The van der Waals surface area contributed by atoms with Gasteiger partial charge < -0.3 is 0 Å². The standard InChI is InChI=1S/C17H14N4S/c1-12-15(13-8-4-2-5-9-13)20-21-16(18-19-17(21)22-12)14-10-6-3-7-11-14/h2-12H,1H3/t12-/m1/s1. The molecule has 0 saturated carbocycles. The minimum atomic E-state index is 0.253. The third-order valence-corrected chi connectivity index (χ3v) is 4.63. The fourth-order valence-electron chi connectivity index (χ4n) is 2.50. The highest BCUT2D eigenvalue weighted by Crippen LogP contribution is 2.32. The molecule has 0 bridgehead atoms. The van der Waals surface area contributed by atoms with Crippen LogP contribution in [0.3, 0.4) is 0 Å². The third kappa shape index (κ3) is 2.23. The summed E-state index contributed by atoms with van der Waals surface area (Å²) in [6.45, 7) is 2.15. The van der Waals surface area contributed by atoms with Crippen LogP contribution in [0.15, 0.2) is 70.9 Å². The maximum Gasteiger partial charge on any atom is 0.213 e. The van der Waals surface area contributed by atoms with E-state index in [9.17, 15) is 0 Å². The molecule has 0 amide bonds. The second-order valence-corrected chi connectivity index (χ2v) is 6.40. The maximum absolute atomic E-state index is 4.82. The topological polar surface area (TPSA) is 43.1 Å². The Labute approximate surface area is 132 Å². The fourth-order valence-corrected chi connectivity index (χ4v) is 3.43. The molecule has 1 aliphatic rings. The number of rotatable bonds is 2. The second kappa shape index (κ2) is 5.42. The average molecular weight is 306 g/mol. The summed E-state index contributed by atoms with van der Waals surface area (Å²) in [7, 11) is 0. The molecule has 0 unspecified atom stereocenters. The van der Waals surface area contributed by atoms with Crippen molar-refractivity contribution in [3.05, 3.63) is 66.2 Å². The predicted molar refractivity (Wildman–Crippen MR) is 89.2 cm³/mol. The Bertz CT molecular complexity index is 824. The van der Waals surface area contributed by atoms with Crippen molar-refractivity contribution >= 4 is 17.5 Å². The van der Waals surface area contributed by atoms with Crippen LogP contribution in [0.1, 0.15) is 12.5 Å². The van der Waals surface area contributed by atoms with Gasteiger partial charge in [0.25, 0.3) is 0 Å². The molecule has 4 nitrogen and oxygen atoms in total. The van der Waals surface area contributed by atoms with E-state index < -0.39 is 0 Å². The molecule has 0 aliphatic carbocycles. The Morgan fingerprint density at radius 1 is 0.864 bits per heavy atom. The van der Waals surface area contributed by atoms with Gasteiger partial charge in [0.15, 0.2) is 5.82 Å². The van der Waals surface area contributed by atoms with Crippen molar-refractivity contribution in [2.24, 2.45) is 5.10 Å². The first-order valence-electron chi connectivity index (χ1n) is 7.15. The van der Waals surface area contributed by atoms with Gasteiger partial charge in [-0.2, -0.15) is 9.78 Å². The molecular formula is C17H14N4S. The van der Waals surface area contributed by atoms with E-state index in [2.05, 4.69) is 29.3 Å². The van der Waals surface area contributed by atoms with Crippen LogP contribution in [0.4, 0.5) is 0 Å². The molecule has 3 aromatic rings. The van der Waals surface area contributed by atoms with E-state index in [0.29, 0.717) is 0 Å². The van der Waals surface area contributed by atoms with Crippen LogP contribution >= 0.6 is 11.8 Å². The summed E-state index contributed by atoms with van der Waals surface area (Å²) in [6, 6.07) is 20.3. The quantitative estimate of drug-likeness (QED) is 0.725. The monoisotopic (exact) mass is 306 g/mol. The molecular weight excluding hydrogens is 292 g/mol. The first kappa shape index (κ1) is 13.3. The lowest BCUT2D eigenvalue weighted by atomic mass is 10.1. The van der Waals surface area contributed by atoms with Crippen molar-refractivity contribution in [3.63, 3.8) is 0 Å². The van der Waals surface area contributed by atoms with Crippen molar-refractivity contribution in [1.29, 1.82) is 0 Å². The van der Waals surface area contributed by atoms with Crippen molar-refractivity contribution in [2.45, 2.75) is 17.3 Å². The predicted octanol–water partition coefficient (Wildman–Crippen LogP) is 3.69. The van der Waals surface area contributed by atoms with Gasteiger partial charge in [-0.3, -0.25) is 0 Å². The van der Waals surface area contributed by atoms with Gasteiger partial charge in [-0.05, 0) is 12.5 Å². The summed E-state index contributed by atoms with van der Waals surface area (Å²) in [4.78, 5) is 0. The van der Waals surface area contributed by atoms with Crippen LogP contribution < -0.4 is 0 Å². The molecule has 0 fully saturated rings. The Hall–Kier alpha value is -2.40. The molecule has 0 radical (unpaired) electrons. The largest absolute Gasteiger partial charge is 0.213 e. The highest BCUT2D eigenvalue weighted by molar-refractivity contribution is 8.00. The summed E-state index contributed by atoms with van der Waals surface area (Å²) < 4.78 is 1.85. The van der Waals surface area contributed by atoms with Crippen LogP contribution in [0.2, 0.25) is 0 Å². The smallest absolute Gasteiger partial charge is 0.187 e. The molecule has 22 heavy (non-hydrogen) atoms. The van der Waals surface area contributed by atoms with Gasteiger partial charge in [0.1, 0.15) is 0 Å². The molecule has 5 heteroatoms. The van der Waals surface area contributed by atoms with Crippen molar-refractivity contribution in [1.82, 2.24) is 14.9 Å². The zero-order valence-electron chi connectivity index (χ0n) is 12.0. The van der Waals surface area contributed by atoms with Gasteiger partial charge in [-0.1, -0.05) is 72.4 Å². The van der Waals surface area contributed by atoms with E-state index in [1.54, 1.807) is 11.8 Å². The minimum absolute atomic E-state index is 0.253. The SMILES string of the molecule is C[C@H]1Sc2nnc(-c3ccccc3)n2N=C1c1ccccc1. The van der Waals surface area contributed by atoms with E-state index in [-0.39, 0.29) is 5.25 Å². The molecule has 4 rings (SSSR count). The summed E-state index contributed by atoms with van der Waals surface area (Å²) >= 11 is 1.69. The van der Waals surface area contributed by atoms with E-state index in [1.807, 2.05) is 53.2 Å². The second-order valence-electron chi connectivity index (χ2n) is 5.10. The van der Waals surface area contributed by atoms with Crippen molar-refractivity contribution in [2.75, 3.05) is 0 Å². The van der Waals surface area contributed by atoms with Crippen LogP contribution in [0.25, 0.3) is 11.4 Å². The van der Waals surface area contributed by atoms with Crippen LogP contribution in [-0.2, 0) is 0 Å². The average Bonchev–Trinajstić information content (AvgIpc) is 2.98. The molecule has 0 spiro atoms. The number of nitrogens with zero attached hydrogens (tertiary/aromatic N) is 4. The van der Waals surface area contributed by atoms with Gasteiger partial charge in [0.2, 0.25) is 5.16 Å². The van der Waals surface area contributed by atoms with Crippen molar-refractivity contribution in [3.8, 4) is 11.4 Å². The lowest BCUT2D eigenvalue weighted by Gasteiger charge is -2.19. The molecule has 1 aromatic heterocycles. The molecule has 2 aromatic carbocycles. The highest BCUT2D eigenvalue weighted by atomic mass is 32.2. The number of hydrogen-bond donors (Lipinski definition) is 0. The lowest BCUT2D eigenvalue weighted by Crippen LogP contribution is -2.21. The van der Waals surface area contributed by atoms with Crippen LogP contribution in [0, 0.1) is 0 Å². The Kier molecular flexibility index (Phi) is 3.27. The Morgan fingerprint density at radius 3 is 2.18 bits per heavy atom. The van der Waals surface area contributed by atoms with Gasteiger partial charge in [-0.25, -0.2) is 0 Å². The summed E-state index contributed by atoms with van der Waals surface area (Å²) in [5, 5.41) is 14.5. The number of hydrogen-bond acceptors (Lipinski definition) is 4. The molecule has 0 saturated heterocycles. The maximum atomic E-state index is 4.82. The van der Waals surface area contributed by atoms with E-state index >= 15 is 0 Å². The zero-order chi connectivity index (χ0) is 14.9. The Morgan fingerprint density at radius 2 is 1.50 bits per heavy atom. The van der Waals surface area contributed by atoms with Crippen LogP contribution in [-0.4, -0.2) is 25.8 Å². The summed E-state index contributed by atoms with van der Waals surface area (Å²) in [5.41, 5.74) is 3.21. The molecule has 2 heterocycles. The number of thioether (sulfide) groups is 1. The fraction of sp³-hybridized carbons (Fsp3) is 0.118. The van der Waals surface area contributed by atoms with Gasteiger partial charge in [0, 0.05) is 5.56 Å². The third-order valence-electron chi connectivity index (χ3n) is 3.59. The Balaban J connectivity index is 1.85. The van der Waals surface area contributed by atoms with E-state index in [4.69, 9.17) is 5.10 Å². The molecule has 1 aliphatic heterocycles. The summed E-state index contributed by atoms with van der Waals surface area (Å²) in [5.74, 6) is 0.781. The first-order chi connectivity index (χ1) is 10.8. The molecule has 108 valence electrons. The number of aromatic nitrogens is 3. The zero-order valence-corrected chi connectivity index (χ0v) is 12.9. The van der Waals surface area contributed by atoms with E-state index in [0.717, 1.165) is 27.8 Å². The van der Waals surface area contributed by atoms with Gasteiger partial charge >= 0.3 is 0 Å². The molecule has 0 N–H and O–H groups in total. The van der Waals surface area contributed by atoms with Gasteiger partial charge in [0.05, 0.1) is 11.0 Å². The summed E-state index contributed by atoms with van der Waals surface area (Å²) in [6.07, 6.45) is 0. The minimum Gasteiger partial charge on any atom is -0.187 e.